The Hall–Kier alpha value is -1.39. The SMILES string of the molecule is N=C(N)c1cccc(CN2CCOCC2)c1. The summed E-state index contributed by atoms with van der Waals surface area (Å²) in [6.45, 7) is 4.48. The summed E-state index contributed by atoms with van der Waals surface area (Å²) in [6.07, 6.45) is 0. The minimum absolute atomic E-state index is 0.129. The highest BCUT2D eigenvalue weighted by Crippen LogP contribution is 2.09. The van der Waals surface area contributed by atoms with Gasteiger partial charge in [0, 0.05) is 25.2 Å². The lowest BCUT2D eigenvalue weighted by Gasteiger charge is -2.26. The van der Waals surface area contributed by atoms with Gasteiger partial charge in [-0.05, 0) is 11.6 Å². The standard InChI is InChI=1S/C12H17N3O/c13-12(14)11-3-1-2-10(8-11)9-15-4-6-16-7-5-15/h1-3,8H,4-7,9H2,(H3,13,14). The molecular weight excluding hydrogens is 202 g/mol. The van der Waals surface area contributed by atoms with Gasteiger partial charge in [-0.3, -0.25) is 10.3 Å². The van der Waals surface area contributed by atoms with E-state index >= 15 is 0 Å². The van der Waals surface area contributed by atoms with Crippen molar-refractivity contribution in [2.45, 2.75) is 6.54 Å². The zero-order valence-electron chi connectivity index (χ0n) is 9.28. The molecule has 2 rings (SSSR count). The highest BCUT2D eigenvalue weighted by Gasteiger charge is 2.10. The summed E-state index contributed by atoms with van der Waals surface area (Å²) in [6, 6.07) is 7.87. The van der Waals surface area contributed by atoms with Gasteiger partial charge < -0.3 is 10.5 Å². The average Bonchev–Trinajstić information content (AvgIpc) is 2.30. The fourth-order valence-electron chi connectivity index (χ4n) is 1.85. The van der Waals surface area contributed by atoms with E-state index in [1.54, 1.807) is 0 Å². The van der Waals surface area contributed by atoms with Crippen LogP contribution < -0.4 is 5.73 Å². The first-order valence-corrected chi connectivity index (χ1v) is 5.49. The van der Waals surface area contributed by atoms with Gasteiger partial charge in [-0.15, -0.1) is 0 Å². The molecule has 4 heteroatoms. The van der Waals surface area contributed by atoms with Crippen molar-refractivity contribution < 1.29 is 4.74 Å². The van der Waals surface area contributed by atoms with Gasteiger partial charge in [-0.1, -0.05) is 18.2 Å². The van der Waals surface area contributed by atoms with Crippen LogP contribution in [0.25, 0.3) is 0 Å². The van der Waals surface area contributed by atoms with Crippen LogP contribution in [0, 0.1) is 5.41 Å². The van der Waals surface area contributed by atoms with Crippen molar-refractivity contribution in [2.75, 3.05) is 26.3 Å². The molecule has 3 N–H and O–H groups in total. The van der Waals surface area contributed by atoms with Crippen LogP contribution in [0.2, 0.25) is 0 Å². The van der Waals surface area contributed by atoms with Crippen LogP contribution in [-0.2, 0) is 11.3 Å². The maximum absolute atomic E-state index is 7.40. The largest absolute Gasteiger partial charge is 0.384 e. The third-order valence-corrected chi connectivity index (χ3v) is 2.75. The lowest BCUT2D eigenvalue weighted by molar-refractivity contribution is 0.0342. The number of amidine groups is 1. The minimum atomic E-state index is 0.129. The van der Waals surface area contributed by atoms with Gasteiger partial charge >= 0.3 is 0 Å². The summed E-state index contributed by atoms with van der Waals surface area (Å²) < 4.78 is 5.30. The Kier molecular flexibility index (Phi) is 3.54. The highest BCUT2D eigenvalue weighted by molar-refractivity contribution is 5.95. The summed E-state index contributed by atoms with van der Waals surface area (Å²) in [4.78, 5) is 2.35. The second-order valence-corrected chi connectivity index (χ2v) is 4.00. The Morgan fingerprint density at radius 1 is 1.38 bits per heavy atom. The first kappa shape index (κ1) is 11.1. The number of hydrogen-bond donors (Lipinski definition) is 2. The number of nitrogens with two attached hydrogens (primary N) is 1. The number of nitrogen functional groups attached to an aromatic ring is 1. The Bertz CT molecular complexity index is 372. The Labute approximate surface area is 95.5 Å². The van der Waals surface area contributed by atoms with Crippen LogP contribution in [0.3, 0.4) is 0 Å². The molecule has 0 atom stereocenters. The molecule has 0 aromatic heterocycles. The molecule has 0 bridgehead atoms. The summed E-state index contributed by atoms with van der Waals surface area (Å²) >= 11 is 0. The molecular formula is C12H17N3O. The zero-order chi connectivity index (χ0) is 11.4. The van der Waals surface area contributed by atoms with E-state index in [4.69, 9.17) is 15.9 Å². The Morgan fingerprint density at radius 2 is 2.12 bits per heavy atom. The summed E-state index contributed by atoms with van der Waals surface area (Å²) in [5.41, 5.74) is 7.47. The van der Waals surface area contributed by atoms with Gasteiger partial charge in [0.05, 0.1) is 13.2 Å². The van der Waals surface area contributed by atoms with Gasteiger partial charge in [0.15, 0.2) is 0 Å². The van der Waals surface area contributed by atoms with E-state index in [0.29, 0.717) is 0 Å². The molecule has 1 saturated heterocycles. The number of nitrogens with one attached hydrogen (secondary N) is 1. The smallest absolute Gasteiger partial charge is 0.122 e. The normalized spacial score (nSPS) is 17.2. The van der Waals surface area contributed by atoms with Crippen LogP contribution in [0.5, 0.6) is 0 Å². The molecule has 1 fully saturated rings. The molecule has 0 radical (unpaired) electrons. The van der Waals surface area contributed by atoms with Crippen molar-refractivity contribution in [2.24, 2.45) is 5.73 Å². The number of hydrogen-bond acceptors (Lipinski definition) is 3. The van der Waals surface area contributed by atoms with Crippen molar-refractivity contribution in [3.63, 3.8) is 0 Å². The predicted molar refractivity (Wildman–Crippen MR) is 63.6 cm³/mol. The molecule has 0 amide bonds. The van der Waals surface area contributed by atoms with Crippen molar-refractivity contribution in [1.29, 1.82) is 5.41 Å². The maximum atomic E-state index is 7.40. The van der Waals surface area contributed by atoms with E-state index < -0.39 is 0 Å². The second kappa shape index (κ2) is 5.09. The molecule has 0 saturated carbocycles. The minimum Gasteiger partial charge on any atom is -0.384 e. The summed E-state index contributed by atoms with van der Waals surface area (Å²) in [5.74, 6) is 0.129. The third-order valence-electron chi connectivity index (χ3n) is 2.75. The monoisotopic (exact) mass is 219 g/mol. The number of nitrogens with zero attached hydrogens (tertiary/aromatic N) is 1. The van der Waals surface area contributed by atoms with Crippen LogP contribution >= 0.6 is 0 Å². The van der Waals surface area contributed by atoms with Gasteiger partial charge in [0.2, 0.25) is 0 Å². The van der Waals surface area contributed by atoms with Gasteiger partial charge in [-0.25, -0.2) is 0 Å². The second-order valence-electron chi connectivity index (χ2n) is 4.00. The number of rotatable bonds is 3. The van der Waals surface area contributed by atoms with E-state index in [0.717, 1.165) is 38.4 Å². The summed E-state index contributed by atoms with van der Waals surface area (Å²) in [5, 5.41) is 7.40. The van der Waals surface area contributed by atoms with E-state index in [9.17, 15) is 0 Å². The third kappa shape index (κ3) is 2.81. The number of benzene rings is 1. The van der Waals surface area contributed by atoms with Gasteiger partial charge in [0.25, 0.3) is 0 Å². The van der Waals surface area contributed by atoms with Crippen LogP contribution in [-0.4, -0.2) is 37.0 Å². The predicted octanol–water partition coefficient (Wildman–Crippen LogP) is 0.803. The average molecular weight is 219 g/mol. The van der Waals surface area contributed by atoms with E-state index in [1.165, 1.54) is 5.56 Å². The molecule has 0 unspecified atom stereocenters. The quantitative estimate of drug-likeness (QED) is 0.584. The molecule has 0 aliphatic carbocycles. The van der Waals surface area contributed by atoms with Crippen LogP contribution in [0.4, 0.5) is 0 Å². The molecule has 1 aliphatic heterocycles. The lowest BCUT2D eigenvalue weighted by atomic mass is 10.1. The Balaban J connectivity index is 2.02. The molecule has 1 aromatic rings. The topological polar surface area (TPSA) is 62.3 Å². The fourth-order valence-corrected chi connectivity index (χ4v) is 1.85. The molecule has 0 spiro atoms. The van der Waals surface area contributed by atoms with Crippen molar-refractivity contribution in [3.8, 4) is 0 Å². The van der Waals surface area contributed by atoms with Crippen LogP contribution in [0.1, 0.15) is 11.1 Å². The number of ether oxygens (including phenoxy) is 1. The number of morpholine rings is 1. The van der Waals surface area contributed by atoms with Gasteiger partial charge in [0.1, 0.15) is 5.84 Å². The lowest BCUT2D eigenvalue weighted by Crippen LogP contribution is -2.35. The van der Waals surface area contributed by atoms with E-state index in [-0.39, 0.29) is 5.84 Å². The molecule has 1 aliphatic rings. The Morgan fingerprint density at radius 3 is 2.81 bits per heavy atom. The molecule has 16 heavy (non-hydrogen) atoms. The molecule has 1 aromatic carbocycles. The summed E-state index contributed by atoms with van der Waals surface area (Å²) in [7, 11) is 0. The highest BCUT2D eigenvalue weighted by atomic mass is 16.5. The van der Waals surface area contributed by atoms with E-state index in [1.807, 2.05) is 18.2 Å². The first-order chi connectivity index (χ1) is 7.75. The van der Waals surface area contributed by atoms with Crippen LogP contribution in [0.15, 0.2) is 24.3 Å². The molecule has 86 valence electrons. The maximum Gasteiger partial charge on any atom is 0.122 e. The zero-order valence-corrected chi connectivity index (χ0v) is 9.28. The van der Waals surface area contributed by atoms with Crippen molar-refractivity contribution in [1.82, 2.24) is 4.90 Å². The van der Waals surface area contributed by atoms with Crippen molar-refractivity contribution in [3.05, 3.63) is 35.4 Å². The first-order valence-electron chi connectivity index (χ1n) is 5.49. The molecule has 4 nitrogen and oxygen atoms in total. The van der Waals surface area contributed by atoms with Gasteiger partial charge in [-0.2, -0.15) is 0 Å². The fraction of sp³-hybridized carbons (Fsp3) is 0.417. The molecule has 1 heterocycles. The van der Waals surface area contributed by atoms with Crippen molar-refractivity contribution >= 4 is 5.84 Å². The van der Waals surface area contributed by atoms with E-state index in [2.05, 4.69) is 11.0 Å².